The van der Waals surface area contributed by atoms with Crippen LogP contribution >= 0.6 is 11.6 Å². The van der Waals surface area contributed by atoms with Gasteiger partial charge in [0, 0.05) is 24.3 Å². The van der Waals surface area contributed by atoms with Gasteiger partial charge in [0.25, 0.3) is 0 Å². The Morgan fingerprint density at radius 3 is 2.78 bits per heavy atom. The smallest absolute Gasteiger partial charge is 0.124 e. The molecule has 1 fully saturated rings. The highest BCUT2D eigenvalue weighted by Crippen LogP contribution is 2.31. The Kier molecular flexibility index (Phi) is 4.98. The summed E-state index contributed by atoms with van der Waals surface area (Å²) in [6.45, 7) is 1.69. The van der Waals surface area contributed by atoms with Crippen molar-refractivity contribution in [3.8, 4) is 0 Å². The molecule has 1 aromatic rings. The lowest BCUT2D eigenvalue weighted by atomic mass is 9.89. The van der Waals surface area contributed by atoms with Crippen molar-refractivity contribution in [2.24, 2.45) is 5.92 Å². The summed E-state index contributed by atoms with van der Waals surface area (Å²) >= 11 is 6.12. The fourth-order valence-electron chi connectivity index (χ4n) is 2.50. The van der Waals surface area contributed by atoms with Crippen LogP contribution < -0.4 is 5.32 Å². The minimum Gasteiger partial charge on any atom is -0.381 e. The Balaban J connectivity index is 2.07. The van der Waals surface area contributed by atoms with Crippen molar-refractivity contribution >= 4 is 11.6 Å². The summed E-state index contributed by atoms with van der Waals surface area (Å²) in [5.41, 5.74) is 0.979. The van der Waals surface area contributed by atoms with Crippen molar-refractivity contribution in [2.75, 3.05) is 20.3 Å². The van der Waals surface area contributed by atoms with Crippen LogP contribution in [0.15, 0.2) is 18.2 Å². The molecule has 0 amide bonds. The molecule has 1 saturated heterocycles. The Hall–Kier alpha value is -0.640. The molecule has 1 heterocycles. The first-order chi connectivity index (χ1) is 8.70. The van der Waals surface area contributed by atoms with Crippen LogP contribution in [-0.4, -0.2) is 20.3 Å². The number of ether oxygens (including phenoxy) is 1. The van der Waals surface area contributed by atoms with Gasteiger partial charge in [0.1, 0.15) is 5.82 Å². The second-order valence-corrected chi connectivity index (χ2v) is 5.21. The number of rotatable bonds is 4. The molecule has 1 aliphatic rings. The van der Waals surface area contributed by atoms with E-state index in [1.165, 1.54) is 12.1 Å². The number of hydrogen-bond acceptors (Lipinski definition) is 2. The SMILES string of the molecule is CNC(CC1CCOCC1)c1ccc(F)cc1Cl. The van der Waals surface area contributed by atoms with Crippen molar-refractivity contribution in [3.63, 3.8) is 0 Å². The molecule has 100 valence electrons. The first kappa shape index (κ1) is 13.8. The van der Waals surface area contributed by atoms with Gasteiger partial charge in [0.15, 0.2) is 0 Å². The van der Waals surface area contributed by atoms with E-state index in [4.69, 9.17) is 16.3 Å². The standard InChI is InChI=1S/C14H19ClFNO/c1-17-14(8-10-4-6-18-7-5-10)12-3-2-11(16)9-13(12)15/h2-3,9-10,14,17H,4-8H2,1H3. The highest BCUT2D eigenvalue weighted by Gasteiger charge is 2.21. The second kappa shape index (κ2) is 6.50. The number of hydrogen-bond donors (Lipinski definition) is 1. The van der Waals surface area contributed by atoms with E-state index in [-0.39, 0.29) is 11.9 Å². The van der Waals surface area contributed by atoms with Crippen LogP contribution in [0, 0.1) is 11.7 Å². The van der Waals surface area contributed by atoms with Crippen molar-refractivity contribution in [2.45, 2.75) is 25.3 Å². The molecule has 1 aromatic carbocycles. The number of halogens is 2. The minimum atomic E-state index is -0.287. The molecule has 0 bridgehead atoms. The van der Waals surface area contributed by atoms with Crippen LogP contribution in [0.25, 0.3) is 0 Å². The van der Waals surface area contributed by atoms with E-state index >= 15 is 0 Å². The summed E-state index contributed by atoms with van der Waals surface area (Å²) in [4.78, 5) is 0. The highest BCUT2D eigenvalue weighted by molar-refractivity contribution is 6.31. The molecule has 0 saturated carbocycles. The topological polar surface area (TPSA) is 21.3 Å². The monoisotopic (exact) mass is 271 g/mol. The van der Waals surface area contributed by atoms with E-state index in [2.05, 4.69) is 5.32 Å². The maximum atomic E-state index is 13.1. The Morgan fingerprint density at radius 2 is 2.17 bits per heavy atom. The minimum absolute atomic E-state index is 0.182. The Morgan fingerprint density at radius 1 is 1.44 bits per heavy atom. The first-order valence-electron chi connectivity index (χ1n) is 6.40. The molecule has 18 heavy (non-hydrogen) atoms. The van der Waals surface area contributed by atoms with Gasteiger partial charge < -0.3 is 10.1 Å². The predicted octanol–water partition coefficient (Wildman–Crippen LogP) is 3.56. The molecule has 1 unspecified atom stereocenters. The van der Waals surface area contributed by atoms with Gasteiger partial charge in [-0.2, -0.15) is 0 Å². The summed E-state index contributed by atoms with van der Waals surface area (Å²) in [5.74, 6) is 0.363. The summed E-state index contributed by atoms with van der Waals surface area (Å²) < 4.78 is 18.4. The zero-order valence-corrected chi connectivity index (χ0v) is 11.3. The normalized spacial score (nSPS) is 18.8. The van der Waals surface area contributed by atoms with E-state index in [0.29, 0.717) is 10.9 Å². The van der Waals surface area contributed by atoms with Gasteiger partial charge in [-0.15, -0.1) is 0 Å². The molecule has 0 spiro atoms. The van der Waals surface area contributed by atoms with Gasteiger partial charge in [0.05, 0.1) is 0 Å². The van der Waals surface area contributed by atoms with Gasteiger partial charge in [-0.05, 0) is 49.9 Å². The first-order valence-corrected chi connectivity index (χ1v) is 6.78. The number of benzene rings is 1. The van der Waals surface area contributed by atoms with Gasteiger partial charge >= 0.3 is 0 Å². The Labute approximate surface area is 112 Å². The van der Waals surface area contributed by atoms with Crippen LogP contribution in [-0.2, 0) is 4.74 Å². The number of nitrogens with one attached hydrogen (secondary N) is 1. The fraction of sp³-hybridized carbons (Fsp3) is 0.571. The zero-order chi connectivity index (χ0) is 13.0. The van der Waals surface area contributed by atoms with Crippen molar-refractivity contribution in [1.82, 2.24) is 5.32 Å². The van der Waals surface area contributed by atoms with E-state index in [1.54, 1.807) is 6.07 Å². The summed E-state index contributed by atoms with van der Waals surface area (Å²) in [5, 5.41) is 3.78. The molecular formula is C14H19ClFNO. The van der Waals surface area contributed by atoms with Crippen LogP contribution in [0.2, 0.25) is 5.02 Å². The van der Waals surface area contributed by atoms with Crippen LogP contribution in [0.4, 0.5) is 4.39 Å². The maximum Gasteiger partial charge on any atom is 0.124 e. The van der Waals surface area contributed by atoms with Gasteiger partial charge in [-0.3, -0.25) is 0 Å². The molecule has 4 heteroatoms. The van der Waals surface area contributed by atoms with Crippen molar-refractivity contribution < 1.29 is 9.13 Å². The zero-order valence-electron chi connectivity index (χ0n) is 10.6. The van der Waals surface area contributed by atoms with E-state index in [9.17, 15) is 4.39 Å². The third-order valence-electron chi connectivity index (χ3n) is 3.60. The molecule has 0 aromatic heterocycles. The van der Waals surface area contributed by atoms with E-state index in [1.807, 2.05) is 7.05 Å². The van der Waals surface area contributed by atoms with Gasteiger partial charge in [0.2, 0.25) is 0 Å². The lowest BCUT2D eigenvalue weighted by Gasteiger charge is -2.27. The lowest BCUT2D eigenvalue weighted by Crippen LogP contribution is -2.24. The average molecular weight is 272 g/mol. The molecule has 0 aliphatic carbocycles. The third-order valence-corrected chi connectivity index (χ3v) is 3.92. The van der Waals surface area contributed by atoms with Crippen molar-refractivity contribution in [3.05, 3.63) is 34.6 Å². The molecule has 1 atom stereocenters. The predicted molar refractivity (Wildman–Crippen MR) is 71.4 cm³/mol. The van der Waals surface area contributed by atoms with Gasteiger partial charge in [-0.1, -0.05) is 17.7 Å². The van der Waals surface area contributed by atoms with Crippen LogP contribution in [0.5, 0.6) is 0 Å². The fourth-order valence-corrected chi connectivity index (χ4v) is 2.80. The summed E-state index contributed by atoms with van der Waals surface area (Å²) in [6, 6.07) is 4.81. The lowest BCUT2D eigenvalue weighted by molar-refractivity contribution is 0.0608. The molecule has 0 radical (unpaired) electrons. The summed E-state index contributed by atoms with van der Waals surface area (Å²) in [7, 11) is 1.92. The molecular weight excluding hydrogens is 253 g/mol. The van der Waals surface area contributed by atoms with Crippen LogP contribution in [0.3, 0.4) is 0 Å². The average Bonchev–Trinajstić information content (AvgIpc) is 2.38. The van der Waals surface area contributed by atoms with Crippen LogP contribution in [0.1, 0.15) is 30.9 Å². The second-order valence-electron chi connectivity index (χ2n) is 4.80. The quantitative estimate of drug-likeness (QED) is 0.904. The summed E-state index contributed by atoms with van der Waals surface area (Å²) in [6.07, 6.45) is 3.21. The molecule has 2 nitrogen and oxygen atoms in total. The van der Waals surface area contributed by atoms with Gasteiger partial charge in [-0.25, -0.2) is 4.39 Å². The maximum absolute atomic E-state index is 13.1. The molecule has 2 rings (SSSR count). The van der Waals surface area contributed by atoms with E-state index in [0.717, 1.165) is 38.0 Å². The Bertz CT molecular complexity index is 393. The largest absolute Gasteiger partial charge is 0.381 e. The highest BCUT2D eigenvalue weighted by atomic mass is 35.5. The molecule has 1 aliphatic heterocycles. The third kappa shape index (κ3) is 3.44. The van der Waals surface area contributed by atoms with Crippen molar-refractivity contribution in [1.29, 1.82) is 0 Å². The van der Waals surface area contributed by atoms with E-state index < -0.39 is 0 Å². The molecule has 1 N–H and O–H groups in total.